The molecule has 1 atom stereocenters. The fourth-order valence-corrected chi connectivity index (χ4v) is 1.54. The summed E-state index contributed by atoms with van der Waals surface area (Å²) in [5, 5.41) is 10.6. The molecule has 0 aromatic carbocycles. The fourth-order valence-electron chi connectivity index (χ4n) is 0.571. The lowest BCUT2D eigenvalue weighted by molar-refractivity contribution is 0.298. The van der Waals surface area contributed by atoms with Gasteiger partial charge in [-0.25, -0.2) is 0 Å². The third-order valence-electron chi connectivity index (χ3n) is 1.04. The average molecular weight is 160 g/mol. The predicted octanol–water partition coefficient (Wildman–Crippen LogP) is 1.71. The average Bonchev–Trinajstić information content (AvgIpc) is 2.37. The molecule has 0 radical (unpaired) electrons. The quantitative estimate of drug-likeness (QED) is 0.631. The Balaban J connectivity index is 2.65. The molecule has 0 saturated carbocycles. The van der Waals surface area contributed by atoms with E-state index in [4.69, 9.17) is 5.11 Å². The van der Waals surface area contributed by atoms with Crippen LogP contribution in [0, 0.1) is 0 Å². The van der Waals surface area contributed by atoms with Gasteiger partial charge in [-0.2, -0.15) is 12.6 Å². The lowest BCUT2D eigenvalue weighted by atomic mass is 10.3. The lowest BCUT2D eigenvalue weighted by Crippen LogP contribution is -1.91. The number of hydrogen-bond acceptors (Lipinski definition) is 3. The molecule has 1 unspecified atom stereocenters. The van der Waals surface area contributed by atoms with Crippen LogP contribution in [0.5, 0.6) is 0 Å². The molecule has 1 aromatic heterocycles. The van der Waals surface area contributed by atoms with E-state index in [-0.39, 0.29) is 11.9 Å². The zero-order chi connectivity index (χ0) is 6.69. The molecule has 0 bridgehead atoms. The highest BCUT2D eigenvalue weighted by Gasteiger charge is 2.03. The normalized spacial score (nSPS) is 13.6. The maximum absolute atomic E-state index is 8.64. The van der Waals surface area contributed by atoms with Crippen molar-refractivity contribution in [1.29, 1.82) is 0 Å². The van der Waals surface area contributed by atoms with Crippen LogP contribution in [0.15, 0.2) is 17.5 Å². The minimum atomic E-state index is 0.00463. The summed E-state index contributed by atoms with van der Waals surface area (Å²) in [6, 6.07) is 3.93. The number of aliphatic hydroxyl groups excluding tert-OH is 1. The molecule has 0 saturated heterocycles. The van der Waals surface area contributed by atoms with Crippen molar-refractivity contribution in [2.24, 2.45) is 0 Å². The van der Waals surface area contributed by atoms with Gasteiger partial charge in [0, 0.05) is 4.88 Å². The largest absolute Gasteiger partial charge is 0.395 e. The van der Waals surface area contributed by atoms with Crippen molar-refractivity contribution in [3.63, 3.8) is 0 Å². The van der Waals surface area contributed by atoms with Crippen LogP contribution in [0.1, 0.15) is 10.1 Å². The van der Waals surface area contributed by atoms with Crippen molar-refractivity contribution < 1.29 is 5.11 Å². The number of rotatable bonds is 2. The van der Waals surface area contributed by atoms with Gasteiger partial charge in [0.2, 0.25) is 0 Å². The molecule has 50 valence electrons. The number of hydrogen-bond donors (Lipinski definition) is 2. The van der Waals surface area contributed by atoms with E-state index in [1.165, 1.54) is 0 Å². The van der Waals surface area contributed by atoms with Crippen LogP contribution < -0.4 is 0 Å². The summed E-state index contributed by atoms with van der Waals surface area (Å²) in [7, 11) is 0. The maximum atomic E-state index is 8.64. The summed E-state index contributed by atoms with van der Waals surface area (Å²) >= 11 is 5.77. The molecule has 0 aliphatic carbocycles. The summed E-state index contributed by atoms with van der Waals surface area (Å²) in [6.45, 7) is 0.115. The number of thiol groups is 1. The number of thiophene rings is 1. The van der Waals surface area contributed by atoms with Gasteiger partial charge in [-0.1, -0.05) is 6.07 Å². The molecule has 0 amide bonds. The first-order valence-corrected chi connectivity index (χ1v) is 4.06. The molecule has 0 aliphatic rings. The Morgan fingerprint density at radius 2 is 2.56 bits per heavy atom. The van der Waals surface area contributed by atoms with Crippen LogP contribution in [-0.4, -0.2) is 11.7 Å². The van der Waals surface area contributed by atoms with Crippen molar-refractivity contribution in [1.82, 2.24) is 0 Å². The Kier molecular flexibility index (Phi) is 2.57. The maximum Gasteiger partial charge on any atom is 0.0596 e. The molecule has 0 fully saturated rings. The second-order valence-corrected chi connectivity index (χ2v) is 3.32. The van der Waals surface area contributed by atoms with E-state index in [1.54, 1.807) is 11.3 Å². The van der Waals surface area contributed by atoms with Gasteiger partial charge in [-0.3, -0.25) is 0 Å². The second-order valence-electron chi connectivity index (χ2n) is 1.71. The summed E-state index contributed by atoms with van der Waals surface area (Å²) in [6.07, 6.45) is 0. The van der Waals surface area contributed by atoms with Crippen LogP contribution in [0.25, 0.3) is 0 Å². The highest BCUT2D eigenvalue weighted by Crippen LogP contribution is 2.23. The summed E-state index contributed by atoms with van der Waals surface area (Å²) in [5.41, 5.74) is 0. The van der Waals surface area contributed by atoms with E-state index in [1.807, 2.05) is 17.5 Å². The minimum absolute atomic E-state index is 0.00463. The van der Waals surface area contributed by atoms with E-state index >= 15 is 0 Å². The highest BCUT2D eigenvalue weighted by atomic mass is 32.1. The van der Waals surface area contributed by atoms with Gasteiger partial charge < -0.3 is 5.11 Å². The molecule has 1 heterocycles. The van der Waals surface area contributed by atoms with Crippen molar-refractivity contribution in [2.45, 2.75) is 5.25 Å². The van der Waals surface area contributed by atoms with Gasteiger partial charge in [-0.15, -0.1) is 11.3 Å². The first kappa shape index (κ1) is 7.12. The molecule has 0 aliphatic heterocycles. The van der Waals surface area contributed by atoms with E-state index in [2.05, 4.69) is 12.6 Å². The van der Waals surface area contributed by atoms with Gasteiger partial charge in [0.25, 0.3) is 0 Å². The Labute approximate surface area is 63.8 Å². The van der Waals surface area contributed by atoms with Crippen molar-refractivity contribution in [3.8, 4) is 0 Å². The van der Waals surface area contributed by atoms with Gasteiger partial charge in [0.15, 0.2) is 0 Å². The van der Waals surface area contributed by atoms with Crippen LogP contribution >= 0.6 is 24.0 Å². The zero-order valence-electron chi connectivity index (χ0n) is 4.82. The fraction of sp³-hybridized carbons (Fsp3) is 0.333. The Morgan fingerprint density at radius 3 is 3.00 bits per heavy atom. The molecule has 9 heavy (non-hydrogen) atoms. The molecular weight excluding hydrogens is 152 g/mol. The SMILES string of the molecule is OCC(S)c1cccs1. The lowest BCUT2D eigenvalue weighted by Gasteiger charge is -2.00. The van der Waals surface area contributed by atoms with Gasteiger partial charge >= 0.3 is 0 Å². The smallest absolute Gasteiger partial charge is 0.0596 e. The molecule has 1 aromatic rings. The molecule has 1 N–H and O–H groups in total. The Morgan fingerprint density at radius 1 is 1.78 bits per heavy atom. The van der Waals surface area contributed by atoms with Gasteiger partial charge in [0.1, 0.15) is 0 Å². The number of aliphatic hydroxyl groups is 1. The molecular formula is C6H8OS2. The first-order chi connectivity index (χ1) is 4.34. The van der Waals surface area contributed by atoms with E-state index in [0.29, 0.717) is 0 Å². The van der Waals surface area contributed by atoms with Gasteiger partial charge in [-0.05, 0) is 11.4 Å². The van der Waals surface area contributed by atoms with E-state index < -0.39 is 0 Å². The Hall–Kier alpha value is 0.01000. The van der Waals surface area contributed by atoms with Crippen LogP contribution in [0.3, 0.4) is 0 Å². The molecule has 1 rings (SSSR count). The molecule has 0 spiro atoms. The third kappa shape index (κ3) is 1.71. The predicted molar refractivity (Wildman–Crippen MR) is 43.1 cm³/mol. The Bertz CT molecular complexity index is 160. The first-order valence-electron chi connectivity index (χ1n) is 2.67. The summed E-state index contributed by atoms with van der Waals surface area (Å²) < 4.78 is 0. The van der Waals surface area contributed by atoms with Crippen LogP contribution in [-0.2, 0) is 0 Å². The van der Waals surface area contributed by atoms with E-state index in [9.17, 15) is 0 Å². The highest BCUT2D eigenvalue weighted by molar-refractivity contribution is 7.80. The second kappa shape index (κ2) is 3.25. The summed E-state index contributed by atoms with van der Waals surface area (Å²) in [4.78, 5) is 1.13. The minimum Gasteiger partial charge on any atom is -0.395 e. The molecule has 1 nitrogen and oxygen atoms in total. The third-order valence-corrected chi connectivity index (χ3v) is 2.65. The zero-order valence-corrected chi connectivity index (χ0v) is 6.53. The van der Waals surface area contributed by atoms with Crippen molar-refractivity contribution in [2.75, 3.05) is 6.61 Å². The van der Waals surface area contributed by atoms with Crippen LogP contribution in [0.4, 0.5) is 0 Å². The van der Waals surface area contributed by atoms with E-state index in [0.717, 1.165) is 4.88 Å². The van der Waals surface area contributed by atoms with Gasteiger partial charge in [0.05, 0.1) is 11.9 Å². The monoisotopic (exact) mass is 160 g/mol. The van der Waals surface area contributed by atoms with Crippen LogP contribution in [0.2, 0.25) is 0 Å². The van der Waals surface area contributed by atoms with Crippen molar-refractivity contribution in [3.05, 3.63) is 22.4 Å². The molecule has 3 heteroatoms. The standard InChI is InChI=1S/C6H8OS2/c7-4-5(8)6-2-1-3-9-6/h1-3,5,7-8H,4H2. The summed E-state index contributed by atoms with van der Waals surface area (Å²) in [5.74, 6) is 0. The topological polar surface area (TPSA) is 20.2 Å². The van der Waals surface area contributed by atoms with Crippen molar-refractivity contribution >= 4 is 24.0 Å².